The van der Waals surface area contributed by atoms with Gasteiger partial charge in [0.1, 0.15) is 0 Å². The molecular weight excluding hydrogens is 1370 g/mol. The van der Waals surface area contributed by atoms with Gasteiger partial charge in [-0.05, 0) is 212 Å². The Hall–Kier alpha value is 1.79. The van der Waals surface area contributed by atoms with E-state index in [2.05, 4.69) is 35.4 Å². The van der Waals surface area contributed by atoms with Crippen LogP contribution in [-0.2, 0) is 53.1 Å². The molecule has 12 aliphatic carbocycles. The molecule has 12 nitrogen and oxygen atoms in total. The Morgan fingerprint density at radius 1 is 0.224 bits per heavy atom. The van der Waals surface area contributed by atoms with E-state index in [9.17, 15) is 0 Å². The molecule has 0 radical (unpaired) electrons. The first kappa shape index (κ1) is 79.3. The van der Waals surface area contributed by atoms with Crippen molar-refractivity contribution in [2.24, 2.45) is 0 Å². The zero-order valence-corrected chi connectivity index (χ0v) is 69.6. The molecule has 0 aromatic carbocycles. The van der Waals surface area contributed by atoms with Gasteiger partial charge in [0.2, 0.25) is 0 Å². The molecule has 0 N–H and O–H groups in total. The van der Waals surface area contributed by atoms with Crippen molar-refractivity contribution >= 4 is 76.5 Å². The minimum Gasteiger partial charge on any atom is -0.370 e. The van der Waals surface area contributed by atoms with E-state index in [1.165, 1.54) is 193 Å². The molecule has 0 spiro atoms. The molecule has 0 aromatic rings. The summed E-state index contributed by atoms with van der Waals surface area (Å²) < 4.78 is 94.7. The SMILES string of the molecule is CCC(CCC[Si](OC1CCCC1)(OC1CCCC1)OC1CCCC1)(SSSSC(CC)(CCC[Si](OC1CCCC1)(OC1CCCC1)OC1CCCC1)[Si](OC1CCCCC1)(OC1CCCCC1)OC1CCCCC1)[Si](OC1CCCCC1)(OC1CCCCC1)OC1CCCCC1. The van der Waals surface area contributed by atoms with Crippen LogP contribution in [0.4, 0.5) is 0 Å². The molecule has 12 fully saturated rings. The van der Waals surface area contributed by atoms with Crippen LogP contribution in [0, 0.1) is 0 Å². The summed E-state index contributed by atoms with van der Waals surface area (Å²) in [5.74, 6) is 0. The predicted octanol–water partition coefficient (Wildman–Crippen LogP) is 24.2. The highest BCUT2D eigenvalue weighted by Crippen LogP contribution is 2.63. The summed E-state index contributed by atoms with van der Waals surface area (Å²) in [6, 6.07) is 1.69. The zero-order chi connectivity index (χ0) is 67.1. The van der Waals surface area contributed by atoms with Gasteiger partial charge in [-0.2, -0.15) is 0 Å². The van der Waals surface area contributed by atoms with Crippen molar-refractivity contribution in [3.63, 3.8) is 0 Å². The summed E-state index contributed by atoms with van der Waals surface area (Å²) in [7, 11) is -5.37. The molecule has 566 valence electrons. The van der Waals surface area contributed by atoms with E-state index in [4.69, 9.17) is 53.1 Å². The van der Waals surface area contributed by atoms with Crippen molar-refractivity contribution in [1.29, 1.82) is 0 Å². The van der Waals surface area contributed by atoms with Crippen molar-refractivity contribution in [3.8, 4) is 0 Å². The van der Waals surface area contributed by atoms with Gasteiger partial charge in [-0.3, -0.25) is 0 Å². The lowest BCUT2D eigenvalue weighted by Crippen LogP contribution is -2.67. The molecule has 12 aliphatic rings. The molecule has 0 amide bonds. The van der Waals surface area contributed by atoms with E-state index >= 15 is 0 Å². The maximum Gasteiger partial charge on any atom is 0.519 e. The second kappa shape index (κ2) is 41.0. The minimum atomic E-state index is -3.65. The lowest BCUT2D eigenvalue weighted by molar-refractivity contribution is -0.0512. The molecular formula is C78H142O12S4Si4. The predicted molar refractivity (Wildman–Crippen MR) is 415 cm³/mol. The standard InChI is InChI=1S/C78H142O12S4Si4/c1-3-77(61-35-63-95(79-65-49-23-24-50-65,80-66-51-25-26-52-66)81-67-53-27-28-54-67,97(85-71-37-11-5-12-38-71,86-72-39-13-6-14-40-72)87-73-41-15-7-16-42-73)91-93-94-92-78(4-2,62-36-64-96(82-68-55-29-30-56-68,83-69-57-31-32-58-69)84-70-59-33-34-60-70)98(88-74-43-17-8-18-44-74,89-75-45-19-9-20-46-75)90-76-47-21-10-22-48-76/h65-76H,3-64H2,1-2H3. The summed E-state index contributed by atoms with van der Waals surface area (Å²) in [6.45, 7) is 5.01. The van der Waals surface area contributed by atoms with Crippen LogP contribution in [0.3, 0.4) is 0 Å². The number of hydrogen-bond acceptors (Lipinski definition) is 16. The molecule has 0 heterocycles. The van der Waals surface area contributed by atoms with Crippen molar-refractivity contribution < 1.29 is 53.1 Å². The second-order valence-corrected chi connectivity index (χ2v) is 51.5. The van der Waals surface area contributed by atoms with Crippen LogP contribution in [0.25, 0.3) is 0 Å². The van der Waals surface area contributed by atoms with E-state index in [0.717, 1.165) is 205 Å². The number of hydrogen-bond donors (Lipinski definition) is 0. The normalized spacial score (nSPS) is 26.8. The van der Waals surface area contributed by atoms with E-state index in [-0.39, 0.29) is 73.2 Å². The fraction of sp³-hybridized carbons (Fsp3) is 1.00. The Morgan fingerprint density at radius 2 is 0.378 bits per heavy atom. The maximum atomic E-state index is 8.28. The topological polar surface area (TPSA) is 111 Å². The highest BCUT2D eigenvalue weighted by molar-refractivity contribution is 9.26. The van der Waals surface area contributed by atoms with Crippen molar-refractivity contribution in [1.82, 2.24) is 0 Å². The molecule has 12 saturated carbocycles. The zero-order valence-electron chi connectivity index (χ0n) is 62.3. The third-order valence-corrected chi connectivity index (χ3v) is 49.9. The average Bonchev–Trinajstić information content (AvgIpc) is 1.04. The highest BCUT2D eigenvalue weighted by Gasteiger charge is 2.67. The first-order valence-corrected chi connectivity index (χ1v) is 55.1. The van der Waals surface area contributed by atoms with Crippen LogP contribution >= 0.6 is 41.2 Å². The maximum absolute atomic E-state index is 8.28. The Morgan fingerprint density at radius 3 is 0.541 bits per heavy atom. The average molecular weight is 1510 g/mol. The van der Waals surface area contributed by atoms with Gasteiger partial charge in [-0.1, -0.05) is 228 Å². The van der Waals surface area contributed by atoms with Crippen LogP contribution in [-0.4, -0.2) is 117 Å². The summed E-state index contributed by atoms with van der Waals surface area (Å²) >= 11 is 0. The fourth-order valence-electron chi connectivity index (χ4n) is 20.0. The van der Waals surface area contributed by atoms with Crippen LogP contribution in [0.2, 0.25) is 12.1 Å². The third kappa shape index (κ3) is 22.7. The van der Waals surface area contributed by atoms with Gasteiger partial charge in [0.15, 0.2) is 0 Å². The Kier molecular flexibility index (Phi) is 33.2. The summed E-state index contributed by atoms with van der Waals surface area (Å²) in [5.41, 5.74) is 0. The van der Waals surface area contributed by atoms with Gasteiger partial charge in [0.05, 0.1) is 8.74 Å². The van der Waals surface area contributed by atoms with Crippen molar-refractivity contribution in [2.45, 2.75) is 493 Å². The molecule has 0 aromatic heterocycles. The van der Waals surface area contributed by atoms with E-state index in [1.807, 2.05) is 19.7 Å². The molecule has 0 saturated heterocycles. The van der Waals surface area contributed by atoms with Gasteiger partial charge in [0.25, 0.3) is 0 Å². The van der Waals surface area contributed by atoms with E-state index in [1.54, 1.807) is 0 Å². The van der Waals surface area contributed by atoms with Crippen molar-refractivity contribution in [2.75, 3.05) is 0 Å². The van der Waals surface area contributed by atoms with Gasteiger partial charge < -0.3 is 53.1 Å². The summed E-state index contributed by atoms with van der Waals surface area (Å²) in [4.78, 5) is 0. The van der Waals surface area contributed by atoms with Crippen LogP contribution in [0.15, 0.2) is 0 Å². The summed E-state index contributed by atoms with van der Waals surface area (Å²) in [6.07, 6.45) is 71.6. The first-order chi connectivity index (χ1) is 48.2. The van der Waals surface area contributed by atoms with Crippen LogP contribution in [0.1, 0.15) is 399 Å². The molecule has 20 heteroatoms. The first-order valence-electron chi connectivity index (χ1n) is 43.0. The molecule has 0 bridgehead atoms. The summed E-state index contributed by atoms with van der Waals surface area (Å²) in [5, 5.41) is 0. The molecule has 2 unspecified atom stereocenters. The lowest BCUT2D eigenvalue weighted by atomic mass is 9.98. The lowest BCUT2D eigenvalue weighted by Gasteiger charge is -2.50. The van der Waals surface area contributed by atoms with Gasteiger partial charge in [-0.25, -0.2) is 0 Å². The largest absolute Gasteiger partial charge is 0.519 e. The quantitative estimate of drug-likeness (QED) is 0.0329. The molecule has 2 atom stereocenters. The molecule has 0 aliphatic heterocycles. The van der Waals surface area contributed by atoms with Gasteiger partial charge >= 0.3 is 35.2 Å². The molecule has 12 rings (SSSR count). The smallest absolute Gasteiger partial charge is 0.370 e. The Labute approximate surface area is 618 Å². The van der Waals surface area contributed by atoms with Crippen LogP contribution in [0.5, 0.6) is 0 Å². The Balaban J connectivity index is 0.929. The molecule has 98 heavy (non-hydrogen) atoms. The second-order valence-electron chi connectivity index (χ2n) is 33.6. The third-order valence-electron chi connectivity index (χ3n) is 25.9. The fourth-order valence-corrected chi connectivity index (χ4v) is 47.1. The monoisotopic (exact) mass is 1510 g/mol. The minimum absolute atomic E-state index is 0.144. The van der Waals surface area contributed by atoms with Crippen LogP contribution < -0.4 is 0 Å². The van der Waals surface area contributed by atoms with E-state index in [0.29, 0.717) is 0 Å². The van der Waals surface area contributed by atoms with Gasteiger partial charge in [-0.15, -0.1) is 0 Å². The Bertz CT molecular complexity index is 1850. The van der Waals surface area contributed by atoms with E-state index < -0.39 is 44.0 Å². The number of rotatable bonds is 41. The van der Waals surface area contributed by atoms with Crippen molar-refractivity contribution in [3.05, 3.63) is 0 Å². The highest BCUT2D eigenvalue weighted by atomic mass is 33.7. The van der Waals surface area contributed by atoms with Gasteiger partial charge in [0, 0.05) is 85.3 Å².